The summed E-state index contributed by atoms with van der Waals surface area (Å²) in [4.78, 5) is 4.26. The second-order valence-electron chi connectivity index (χ2n) is 3.50. The van der Waals surface area contributed by atoms with Crippen LogP contribution in [-0.2, 0) is 17.8 Å². The minimum absolute atomic E-state index is 0.207. The summed E-state index contributed by atoms with van der Waals surface area (Å²) in [5.41, 5.74) is 0. The highest BCUT2D eigenvalue weighted by molar-refractivity contribution is 7.84. The van der Waals surface area contributed by atoms with E-state index >= 15 is 0 Å². The van der Waals surface area contributed by atoms with Gasteiger partial charge in [0.25, 0.3) is 0 Å². The minimum atomic E-state index is -0.685. The van der Waals surface area contributed by atoms with Gasteiger partial charge in [0.05, 0.1) is 6.04 Å². The van der Waals surface area contributed by atoms with Crippen molar-refractivity contribution in [1.29, 1.82) is 0 Å². The molecule has 1 N–H and O–H groups in total. The number of aryl methyl sites for hydroxylation is 1. The third-order valence-corrected chi connectivity index (χ3v) is 3.65. The van der Waals surface area contributed by atoms with Gasteiger partial charge in [0.15, 0.2) is 0 Å². The fourth-order valence-electron chi connectivity index (χ4n) is 1.42. The Morgan fingerprint density at radius 2 is 2.40 bits per heavy atom. The molecule has 0 radical (unpaired) electrons. The first kappa shape index (κ1) is 12.4. The Hall–Kier alpha value is -0.680. The lowest BCUT2D eigenvalue weighted by molar-refractivity contribution is 0.548. The van der Waals surface area contributed by atoms with E-state index in [4.69, 9.17) is 0 Å². The maximum Gasteiger partial charge on any atom is 0.125 e. The Morgan fingerprint density at radius 3 is 2.93 bits per heavy atom. The SMILES string of the molecule is CCS(=O)CCNC(C)c1nccn1C. The van der Waals surface area contributed by atoms with Crippen LogP contribution in [0.4, 0.5) is 0 Å². The van der Waals surface area contributed by atoms with Crippen molar-refractivity contribution in [3.63, 3.8) is 0 Å². The average molecular weight is 229 g/mol. The van der Waals surface area contributed by atoms with Gasteiger partial charge in [0, 0.05) is 48.3 Å². The Kier molecular flexibility index (Phi) is 4.98. The molecule has 1 rings (SSSR count). The van der Waals surface area contributed by atoms with Crippen LogP contribution in [0.2, 0.25) is 0 Å². The third-order valence-electron chi connectivity index (χ3n) is 2.35. The average Bonchev–Trinajstić information content (AvgIpc) is 2.64. The summed E-state index contributed by atoms with van der Waals surface area (Å²) < 4.78 is 13.2. The molecule has 5 heteroatoms. The number of hydrogen-bond donors (Lipinski definition) is 1. The van der Waals surface area contributed by atoms with Crippen molar-refractivity contribution in [1.82, 2.24) is 14.9 Å². The molecule has 0 bridgehead atoms. The topological polar surface area (TPSA) is 46.9 Å². The lowest BCUT2D eigenvalue weighted by atomic mass is 10.3. The van der Waals surface area contributed by atoms with Gasteiger partial charge in [-0.1, -0.05) is 6.92 Å². The van der Waals surface area contributed by atoms with Gasteiger partial charge in [-0.3, -0.25) is 4.21 Å². The summed E-state index contributed by atoms with van der Waals surface area (Å²) in [6.45, 7) is 4.78. The molecular formula is C10H19N3OS. The lowest BCUT2D eigenvalue weighted by Gasteiger charge is -2.13. The molecule has 1 aromatic heterocycles. The van der Waals surface area contributed by atoms with Crippen molar-refractivity contribution in [2.75, 3.05) is 18.1 Å². The molecule has 0 spiro atoms. The van der Waals surface area contributed by atoms with Crippen molar-refractivity contribution < 1.29 is 4.21 Å². The molecule has 4 nitrogen and oxygen atoms in total. The van der Waals surface area contributed by atoms with Crippen LogP contribution >= 0.6 is 0 Å². The lowest BCUT2D eigenvalue weighted by Crippen LogP contribution is -2.26. The van der Waals surface area contributed by atoms with Crippen LogP contribution in [-0.4, -0.2) is 31.8 Å². The molecule has 1 aromatic rings. The predicted octanol–water partition coefficient (Wildman–Crippen LogP) is 0.839. The van der Waals surface area contributed by atoms with Gasteiger partial charge in [0.1, 0.15) is 5.82 Å². The van der Waals surface area contributed by atoms with Crippen LogP contribution in [0.1, 0.15) is 25.7 Å². The molecule has 0 saturated carbocycles. The van der Waals surface area contributed by atoms with Crippen LogP contribution < -0.4 is 5.32 Å². The molecule has 0 aliphatic heterocycles. The minimum Gasteiger partial charge on any atom is -0.337 e. The highest BCUT2D eigenvalue weighted by Crippen LogP contribution is 2.07. The molecule has 0 amide bonds. The van der Waals surface area contributed by atoms with Crippen LogP contribution in [0.25, 0.3) is 0 Å². The molecule has 86 valence electrons. The Labute approximate surface area is 93.5 Å². The van der Waals surface area contributed by atoms with Crippen LogP contribution in [0.3, 0.4) is 0 Å². The van der Waals surface area contributed by atoms with E-state index in [1.54, 1.807) is 6.20 Å². The van der Waals surface area contributed by atoms with Crippen molar-refractivity contribution >= 4 is 10.8 Å². The molecular weight excluding hydrogens is 210 g/mol. The van der Waals surface area contributed by atoms with E-state index in [2.05, 4.69) is 17.2 Å². The second kappa shape index (κ2) is 6.02. The Bertz CT molecular complexity index is 324. The van der Waals surface area contributed by atoms with Gasteiger partial charge in [-0.2, -0.15) is 0 Å². The molecule has 0 aliphatic rings. The first-order valence-corrected chi connectivity index (χ1v) is 6.69. The Balaban J connectivity index is 2.34. The number of nitrogens with zero attached hydrogens (tertiary/aromatic N) is 2. The van der Waals surface area contributed by atoms with Crippen molar-refractivity contribution in [3.05, 3.63) is 18.2 Å². The normalized spacial score (nSPS) is 15.1. The summed E-state index contributed by atoms with van der Waals surface area (Å²) in [7, 11) is 1.29. The molecule has 0 aromatic carbocycles. The number of imidazole rings is 1. The number of nitrogens with one attached hydrogen (secondary N) is 1. The highest BCUT2D eigenvalue weighted by Gasteiger charge is 2.09. The van der Waals surface area contributed by atoms with E-state index in [1.807, 2.05) is 24.7 Å². The first-order valence-electron chi connectivity index (χ1n) is 5.20. The molecule has 0 saturated heterocycles. The standard InChI is InChI=1S/C10H19N3OS/c1-4-15(14)8-6-11-9(2)10-12-5-7-13(10)3/h5,7,9,11H,4,6,8H2,1-3H3. The summed E-state index contributed by atoms with van der Waals surface area (Å²) >= 11 is 0. The molecule has 0 aliphatic carbocycles. The van der Waals surface area contributed by atoms with Crippen LogP contribution in [0.15, 0.2) is 12.4 Å². The molecule has 15 heavy (non-hydrogen) atoms. The van der Waals surface area contributed by atoms with Crippen LogP contribution in [0.5, 0.6) is 0 Å². The van der Waals surface area contributed by atoms with E-state index in [0.717, 1.165) is 18.1 Å². The van der Waals surface area contributed by atoms with Gasteiger partial charge in [-0.25, -0.2) is 4.98 Å². The second-order valence-corrected chi connectivity index (χ2v) is 5.37. The van der Waals surface area contributed by atoms with E-state index in [-0.39, 0.29) is 6.04 Å². The Morgan fingerprint density at radius 1 is 1.67 bits per heavy atom. The van der Waals surface area contributed by atoms with Gasteiger partial charge in [-0.15, -0.1) is 0 Å². The molecule has 0 fully saturated rings. The first-order chi connectivity index (χ1) is 7.15. The number of hydrogen-bond acceptors (Lipinski definition) is 3. The smallest absolute Gasteiger partial charge is 0.125 e. The fourth-order valence-corrected chi connectivity index (χ4v) is 2.05. The van der Waals surface area contributed by atoms with Crippen molar-refractivity contribution in [2.24, 2.45) is 7.05 Å². The third kappa shape index (κ3) is 3.76. The van der Waals surface area contributed by atoms with Crippen molar-refractivity contribution in [2.45, 2.75) is 19.9 Å². The molecule has 2 unspecified atom stereocenters. The van der Waals surface area contributed by atoms with Gasteiger partial charge < -0.3 is 9.88 Å². The quantitative estimate of drug-likeness (QED) is 0.786. The summed E-state index contributed by atoms with van der Waals surface area (Å²) in [6, 6.07) is 0.207. The fraction of sp³-hybridized carbons (Fsp3) is 0.700. The van der Waals surface area contributed by atoms with Gasteiger partial charge in [0.2, 0.25) is 0 Å². The van der Waals surface area contributed by atoms with Crippen molar-refractivity contribution in [3.8, 4) is 0 Å². The summed E-state index contributed by atoms with van der Waals surface area (Å²) in [5.74, 6) is 2.46. The predicted molar refractivity (Wildman–Crippen MR) is 63.2 cm³/mol. The molecule has 1 heterocycles. The van der Waals surface area contributed by atoms with Gasteiger partial charge >= 0.3 is 0 Å². The van der Waals surface area contributed by atoms with E-state index < -0.39 is 10.8 Å². The number of rotatable bonds is 6. The zero-order chi connectivity index (χ0) is 11.3. The maximum absolute atomic E-state index is 11.2. The van der Waals surface area contributed by atoms with E-state index in [0.29, 0.717) is 5.75 Å². The van der Waals surface area contributed by atoms with Crippen LogP contribution in [0, 0.1) is 0 Å². The van der Waals surface area contributed by atoms with E-state index in [1.165, 1.54) is 0 Å². The highest BCUT2D eigenvalue weighted by atomic mass is 32.2. The maximum atomic E-state index is 11.2. The largest absolute Gasteiger partial charge is 0.337 e. The zero-order valence-corrected chi connectivity index (χ0v) is 10.4. The van der Waals surface area contributed by atoms with E-state index in [9.17, 15) is 4.21 Å². The monoisotopic (exact) mass is 229 g/mol. The number of aromatic nitrogens is 2. The summed E-state index contributed by atoms with van der Waals surface area (Å²) in [6.07, 6.45) is 3.72. The molecule has 2 atom stereocenters. The summed E-state index contributed by atoms with van der Waals surface area (Å²) in [5, 5.41) is 3.31. The van der Waals surface area contributed by atoms with Gasteiger partial charge in [-0.05, 0) is 6.92 Å². The zero-order valence-electron chi connectivity index (χ0n) is 9.56.